The molecule has 1 aromatic carbocycles. The van der Waals surface area contributed by atoms with Crippen LogP contribution in [0.25, 0.3) is 11.0 Å². The van der Waals surface area contributed by atoms with Crippen LogP contribution in [0.4, 0.5) is 4.79 Å². The van der Waals surface area contributed by atoms with Crippen molar-refractivity contribution >= 4 is 23.0 Å². The van der Waals surface area contributed by atoms with E-state index in [1.165, 1.54) is 0 Å². The third-order valence-corrected chi connectivity index (χ3v) is 2.70. The van der Waals surface area contributed by atoms with Gasteiger partial charge in [-0.3, -0.25) is 0 Å². The Hall–Kier alpha value is -2.50. The lowest BCUT2D eigenvalue weighted by molar-refractivity contribution is 0.0520. The number of hydrogen-bond acceptors (Lipinski definition) is 4. The van der Waals surface area contributed by atoms with Gasteiger partial charge in [0.25, 0.3) is 0 Å². The predicted molar refractivity (Wildman–Crippen MR) is 76.2 cm³/mol. The average molecular weight is 291 g/mol. The summed E-state index contributed by atoms with van der Waals surface area (Å²) in [5.74, 6) is -1.35. The van der Waals surface area contributed by atoms with Crippen LogP contribution in [-0.2, 0) is 11.3 Å². The molecule has 2 aromatic rings. The highest BCUT2D eigenvalue weighted by atomic mass is 16.6. The van der Waals surface area contributed by atoms with Gasteiger partial charge in [0.05, 0.1) is 6.54 Å². The molecule has 2 N–H and O–H groups in total. The van der Waals surface area contributed by atoms with Crippen LogP contribution < -0.4 is 5.32 Å². The second-order valence-electron chi connectivity index (χ2n) is 5.57. The van der Waals surface area contributed by atoms with E-state index >= 15 is 0 Å². The van der Waals surface area contributed by atoms with E-state index in [0.717, 1.165) is 0 Å². The van der Waals surface area contributed by atoms with Crippen LogP contribution in [0.3, 0.4) is 0 Å². The van der Waals surface area contributed by atoms with Crippen LogP contribution in [0.15, 0.2) is 28.7 Å². The second-order valence-corrected chi connectivity index (χ2v) is 5.57. The molecule has 6 heteroatoms. The molecule has 0 unspecified atom stereocenters. The van der Waals surface area contributed by atoms with Crippen molar-refractivity contribution in [2.24, 2.45) is 0 Å². The lowest BCUT2D eigenvalue weighted by atomic mass is 10.1. The molecule has 0 aliphatic heterocycles. The first-order valence-corrected chi connectivity index (χ1v) is 6.48. The molecule has 0 atom stereocenters. The van der Waals surface area contributed by atoms with Crippen molar-refractivity contribution in [3.63, 3.8) is 0 Å². The zero-order chi connectivity index (χ0) is 15.6. The third-order valence-electron chi connectivity index (χ3n) is 2.70. The van der Waals surface area contributed by atoms with Crippen molar-refractivity contribution < 1.29 is 23.8 Å². The number of ether oxygens (including phenoxy) is 1. The Labute approximate surface area is 121 Å². The van der Waals surface area contributed by atoms with Gasteiger partial charge in [0.1, 0.15) is 11.2 Å². The first kappa shape index (κ1) is 14.9. The topological polar surface area (TPSA) is 88.8 Å². The van der Waals surface area contributed by atoms with Crippen LogP contribution in [0.5, 0.6) is 0 Å². The number of aromatic carboxylic acids is 1. The van der Waals surface area contributed by atoms with Gasteiger partial charge < -0.3 is 19.6 Å². The predicted octanol–water partition coefficient (Wildman–Crippen LogP) is 3.16. The number of amides is 1. The molecule has 2 rings (SSSR count). The molecule has 21 heavy (non-hydrogen) atoms. The van der Waals surface area contributed by atoms with Crippen LogP contribution in [0.1, 0.15) is 36.9 Å². The number of furan rings is 1. The highest BCUT2D eigenvalue weighted by Crippen LogP contribution is 2.25. The lowest BCUT2D eigenvalue weighted by Crippen LogP contribution is -2.32. The normalized spacial score (nSPS) is 11.4. The first-order valence-electron chi connectivity index (χ1n) is 6.48. The van der Waals surface area contributed by atoms with Gasteiger partial charge in [0.15, 0.2) is 0 Å². The fraction of sp³-hybridized carbons (Fsp3) is 0.333. The first-order chi connectivity index (χ1) is 9.78. The van der Waals surface area contributed by atoms with Crippen molar-refractivity contribution in [2.45, 2.75) is 32.9 Å². The molecule has 112 valence electrons. The quantitative estimate of drug-likeness (QED) is 0.906. The van der Waals surface area contributed by atoms with Crippen LogP contribution in [-0.4, -0.2) is 22.8 Å². The van der Waals surface area contributed by atoms with Crippen LogP contribution >= 0.6 is 0 Å². The number of carbonyl (C=O) groups is 2. The van der Waals surface area contributed by atoms with E-state index in [4.69, 9.17) is 9.15 Å². The van der Waals surface area contributed by atoms with Crippen LogP contribution in [0, 0.1) is 0 Å². The molecule has 0 aliphatic carbocycles. The number of benzene rings is 1. The molecule has 1 amide bonds. The number of carboxylic acids is 1. The minimum Gasteiger partial charge on any atom is -0.475 e. The summed E-state index contributed by atoms with van der Waals surface area (Å²) in [5.41, 5.74) is 0.276. The molecule has 0 saturated carbocycles. The van der Waals surface area contributed by atoms with Crippen molar-refractivity contribution in [1.82, 2.24) is 5.32 Å². The van der Waals surface area contributed by atoms with Crippen molar-refractivity contribution in [3.05, 3.63) is 35.6 Å². The number of hydrogen-bond donors (Lipinski definition) is 2. The summed E-state index contributed by atoms with van der Waals surface area (Å²) >= 11 is 0. The molecule has 0 fully saturated rings. The number of para-hydroxylation sites is 1. The number of nitrogens with one attached hydrogen (secondary N) is 1. The number of rotatable bonds is 3. The van der Waals surface area contributed by atoms with E-state index in [1.54, 1.807) is 45.0 Å². The summed E-state index contributed by atoms with van der Waals surface area (Å²) in [7, 11) is 0. The number of fused-ring (bicyclic) bond motifs is 1. The minimum absolute atomic E-state index is 0.0214. The molecular formula is C15H17NO5. The van der Waals surface area contributed by atoms with E-state index in [0.29, 0.717) is 16.5 Å². The number of alkyl carbamates (subject to hydrolysis) is 1. The Balaban J connectivity index is 2.23. The molecule has 1 heterocycles. The summed E-state index contributed by atoms with van der Waals surface area (Å²) in [4.78, 5) is 22.9. The molecule has 0 bridgehead atoms. The van der Waals surface area contributed by atoms with Crippen molar-refractivity contribution in [1.29, 1.82) is 0 Å². The van der Waals surface area contributed by atoms with Gasteiger partial charge in [-0.15, -0.1) is 0 Å². The smallest absolute Gasteiger partial charge is 0.407 e. The minimum atomic E-state index is -1.17. The standard InChI is InChI=1S/C15H17NO5/c1-15(2,3)21-14(19)16-8-10-9-6-4-5-7-11(9)20-12(10)13(17)18/h4-7H,8H2,1-3H3,(H,16,19)(H,17,18). The Morgan fingerprint density at radius 2 is 1.95 bits per heavy atom. The van der Waals surface area contributed by atoms with E-state index in [1.807, 2.05) is 0 Å². The lowest BCUT2D eigenvalue weighted by Gasteiger charge is -2.19. The molecule has 0 saturated heterocycles. The largest absolute Gasteiger partial charge is 0.475 e. The summed E-state index contributed by atoms with van der Waals surface area (Å²) in [6.07, 6.45) is -0.607. The zero-order valence-electron chi connectivity index (χ0n) is 12.1. The summed E-state index contributed by atoms with van der Waals surface area (Å²) < 4.78 is 10.4. The number of carboxylic acid groups (broad SMARTS) is 1. The Kier molecular flexibility index (Phi) is 3.88. The fourth-order valence-electron chi connectivity index (χ4n) is 1.92. The maximum atomic E-state index is 11.7. The Morgan fingerprint density at radius 3 is 2.57 bits per heavy atom. The third kappa shape index (κ3) is 3.53. The molecule has 0 aliphatic rings. The zero-order valence-corrected chi connectivity index (χ0v) is 12.1. The van der Waals surface area contributed by atoms with E-state index in [-0.39, 0.29) is 12.3 Å². The van der Waals surface area contributed by atoms with E-state index in [9.17, 15) is 14.7 Å². The molecule has 0 radical (unpaired) electrons. The SMILES string of the molecule is CC(C)(C)OC(=O)NCc1c(C(=O)O)oc2ccccc12. The average Bonchev–Trinajstić information content (AvgIpc) is 2.73. The van der Waals surface area contributed by atoms with Gasteiger partial charge in [-0.25, -0.2) is 9.59 Å². The van der Waals surface area contributed by atoms with Gasteiger partial charge in [-0.05, 0) is 26.8 Å². The fourth-order valence-corrected chi connectivity index (χ4v) is 1.92. The maximum Gasteiger partial charge on any atom is 0.407 e. The maximum absolute atomic E-state index is 11.7. The second kappa shape index (κ2) is 5.47. The summed E-state index contributed by atoms with van der Waals surface area (Å²) in [6.45, 7) is 5.28. The molecule has 1 aromatic heterocycles. The highest BCUT2D eigenvalue weighted by Gasteiger charge is 2.21. The molecule has 6 nitrogen and oxygen atoms in total. The highest BCUT2D eigenvalue weighted by molar-refractivity contribution is 5.95. The Bertz CT molecular complexity index is 681. The van der Waals surface area contributed by atoms with Gasteiger partial charge in [-0.1, -0.05) is 18.2 Å². The van der Waals surface area contributed by atoms with Gasteiger partial charge >= 0.3 is 12.1 Å². The van der Waals surface area contributed by atoms with Gasteiger partial charge in [-0.2, -0.15) is 0 Å². The van der Waals surface area contributed by atoms with Crippen molar-refractivity contribution in [3.8, 4) is 0 Å². The van der Waals surface area contributed by atoms with Gasteiger partial charge in [0, 0.05) is 10.9 Å². The molecule has 0 spiro atoms. The Morgan fingerprint density at radius 1 is 1.29 bits per heavy atom. The van der Waals surface area contributed by atoms with E-state index in [2.05, 4.69) is 5.32 Å². The summed E-state index contributed by atoms with van der Waals surface area (Å²) in [6, 6.07) is 6.96. The van der Waals surface area contributed by atoms with Crippen molar-refractivity contribution in [2.75, 3.05) is 0 Å². The van der Waals surface area contributed by atoms with Crippen LogP contribution in [0.2, 0.25) is 0 Å². The summed E-state index contributed by atoms with van der Waals surface area (Å²) in [5, 5.41) is 12.4. The van der Waals surface area contributed by atoms with Gasteiger partial charge in [0.2, 0.25) is 5.76 Å². The number of carbonyl (C=O) groups excluding carboxylic acids is 1. The van der Waals surface area contributed by atoms with E-state index < -0.39 is 17.7 Å². The molecular weight excluding hydrogens is 274 g/mol. The monoisotopic (exact) mass is 291 g/mol.